The fourth-order valence-corrected chi connectivity index (χ4v) is 3.93. The van der Waals surface area contributed by atoms with E-state index in [2.05, 4.69) is 52.3 Å². The van der Waals surface area contributed by atoms with Crippen LogP contribution in [0.5, 0.6) is 0 Å². The summed E-state index contributed by atoms with van der Waals surface area (Å²) in [6.45, 7) is 4.33. The minimum atomic E-state index is 0.481. The summed E-state index contributed by atoms with van der Waals surface area (Å²) in [7, 11) is 0. The lowest BCUT2D eigenvalue weighted by Gasteiger charge is -1.98. The highest BCUT2D eigenvalue weighted by molar-refractivity contribution is 9.11. The first kappa shape index (κ1) is 10.3. The van der Waals surface area contributed by atoms with Gasteiger partial charge in [-0.05, 0) is 33.3 Å². The zero-order valence-corrected chi connectivity index (χ0v) is 11.2. The van der Waals surface area contributed by atoms with Crippen LogP contribution in [0.4, 0.5) is 0 Å². The van der Waals surface area contributed by atoms with Gasteiger partial charge >= 0.3 is 0 Å². The Morgan fingerprint density at radius 3 is 2.71 bits per heavy atom. The Bertz CT molecular complexity index is 417. The molecule has 0 saturated carbocycles. The molecule has 1 nitrogen and oxygen atoms in total. The van der Waals surface area contributed by atoms with Gasteiger partial charge in [0, 0.05) is 0 Å². The second-order valence-electron chi connectivity index (χ2n) is 3.31. The van der Waals surface area contributed by atoms with Crippen molar-refractivity contribution in [2.75, 3.05) is 0 Å². The van der Waals surface area contributed by atoms with Gasteiger partial charge in [0.25, 0.3) is 0 Å². The van der Waals surface area contributed by atoms with Crippen LogP contribution in [-0.2, 0) is 0 Å². The van der Waals surface area contributed by atoms with Crippen molar-refractivity contribution in [1.82, 2.24) is 4.98 Å². The zero-order chi connectivity index (χ0) is 10.1. The van der Waals surface area contributed by atoms with E-state index in [0.717, 1.165) is 8.79 Å². The van der Waals surface area contributed by atoms with Gasteiger partial charge in [-0.3, -0.25) is 0 Å². The number of hydrogen-bond donors (Lipinski definition) is 0. The van der Waals surface area contributed by atoms with Gasteiger partial charge < -0.3 is 0 Å². The molecule has 0 aliphatic heterocycles. The van der Waals surface area contributed by atoms with Crippen molar-refractivity contribution in [2.45, 2.75) is 19.8 Å². The van der Waals surface area contributed by atoms with Gasteiger partial charge in [-0.1, -0.05) is 19.9 Å². The summed E-state index contributed by atoms with van der Waals surface area (Å²) in [5.41, 5.74) is 1.17. The van der Waals surface area contributed by atoms with E-state index in [4.69, 9.17) is 0 Å². The van der Waals surface area contributed by atoms with Crippen molar-refractivity contribution in [1.29, 1.82) is 0 Å². The molecule has 2 aromatic rings. The maximum Gasteiger partial charge on any atom is 0.134 e. The maximum atomic E-state index is 4.63. The zero-order valence-electron chi connectivity index (χ0n) is 7.95. The van der Waals surface area contributed by atoms with Gasteiger partial charge in [-0.25, -0.2) is 4.98 Å². The van der Waals surface area contributed by atoms with Gasteiger partial charge in [0.2, 0.25) is 0 Å². The van der Waals surface area contributed by atoms with Crippen LogP contribution in [0.2, 0.25) is 0 Å². The molecule has 0 aliphatic carbocycles. The predicted octanol–water partition coefficient (Wildman–Crippen LogP) is 4.76. The van der Waals surface area contributed by atoms with Crippen molar-refractivity contribution < 1.29 is 0 Å². The molecule has 0 bridgehead atoms. The van der Waals surface area contributed by atoms with Crippen molar-refractivity contribution in [3.63, 3.8) is 0 Å². The van der Waals surface area contributed by atoms with Crippen LogP contribution in [-0.4, -0.2) is 4.98 Å². The molecule has 14 heavy (non-hydrogen) atoms. The van der Waals surface area contributed by atoms with Gasteiger partial charge in [-0.15, -0.1) is 22.7 Å². The summed E-state index contributed by atoms with van der Waals surface area (Å²) in [5, 5.41) is 3.20. The van der Waals surface area contributed by atoms with E-state index in [1.807, 2.05) is 0 Å². The highest BCUT2D eigenvalue weighted by Crippen LogP contribution is 2.36. The third-order valence-corrected chi connectivity index (χ3v) is 4.68. The van der Waals surface area contributed by atoms with Crippen LogP contribution in [0.3, 0.4) is 0 Å². The molecule has 2 heterocycles. The SMILES string of the molecule is CC(C)c1nc(-c2cccs2)sc1Br. The Kier molecular flexibility index (Phi) is 3.04. The Morgan fingerprint density at radius 1 is 1.43 bits per heavy atom. The normalized spacial score (nSPS) is 11.1. The van der Waals surface area contributed by atoms with E-state index in [9.17, 15) is 0 Å². The molecule has 0 fully saturated rings. The van der Waals surface area contributed by atoms with Crippen molar-refractivity contribution >= 4 is 38.6 Å². The van der Waals surface area contributed by atoms with E-state index < -0.39 is 0 Å². The first-order valence-corrected chi connectivity index (χ1v) is 6.87. The Hall–Kier alpha value is -0.190. The summed E-state index contributed by atoms with van der Waals surface area (Å²) < 4.78 is 1.16. The first-order chi connectivity index (χ1) is 6.68. The molecule has 0 radical (unpaired) electrons. The third-order valence-electron chi connectivity index (χ3n) is 1.89. The number of thiazole rings is 1. The summed E-state index contributed by atoms with van der Waals surface area (Å²) in [6, 6.07) is 4.17. The predicted molar refractivity (Wildman–Crippen MR) is 67.2 cm³/mol. The van der Waals surface area contributed by atoms with Crippen LogP contribution in [0.25, 0.3) is 9.88 Å². The summed E-state index contributed by atoms with van der Waals surface area (Å²) in [4.78, 5) is 5.89. The fraction of sp³-hybridized carbons (Fsp3) is 0.300. The van der Waals surface area contributed by atoms with Crippen LogP contribution < -0.4 is 0 Å². The molecule has 0 unspecified atom stereocenters. The molecular weight excluding hydrogens is 278 g/mol. The van der Waals surface area contributed by atoms with E-state index in [0.29, 0.717) is 5.92 Å². The molecule has 0 aliphatic rings. The molecule has 0 amide bonds. The third kappa shape index (κ3) is 1.92. The number of rotatable bonds is 2. The smallest absolute Gasteiger partial charge is 0.134 e. The highest BCUT2D eigenvalue weighted by Gasteiger charge is 2.13. The monoisotopic (exact) mass is 287 g/mol. The minimum Gasteiger partial charge on any atom is -0.239 e. The van der Waals surface area contributed by atoms with E-state index in [-0.39, 0.29) is 0 Å². The number of halogens is 1. The van der Waals surface area contributed by atoms with Crippen LogP contribution >= 0.6 is 38.6 Å². The molecule has 0 saturated heterocycles. The molecule has 2 aromatic heterocycles. The Balaban J connectivity index is 2.43. The summed E-state index contributed by atoms with van der Waals surface area (Å²) >= 11 is 7.02. The Morgan fingerprint density at radius 2 is 2.21 bits per heavy atom. The number of nitrogens with zero attached hydrogens (tertiary/aromatic N) is 1. The molecule has 0 spiro atoms. The lowest BCUT2D eigenvalue weighted by Crippen LogP contribution is -1.87. The topological polar surface area (TPSA) is 12.9 Å². The average Bonchev–Trinajstić information content (AvgIpc) is 2.70. The molecule has 0 atom stereocenters. The van der Waals surface area contributed by atoms with Crippen LogP contribution in [0.15, 0.2) is 21.3 Å². The Labute approximate surface area is 100.0 Å². The lowest BCUT2D eigenvalue weighted by molar-refractivity contribution is 0.829. The van der Waals surface area contributed by atoms with Crippen LogP contribution in [0.1, 0.15) is 25.5 Å². The summed E-state index contributed by atoms with van der Waals surface area (Å²) in [6.07, 6.45) is 0. The molecule has 4 heteroatoms. The number of aromatic nitrogens is 1. The quantitative estimate of drug-likeness (QED) is 0.776. The van der Waals surface area contributed by atoms with Gasteiger partial charge in [0.05, 0.1) is 14.4 Å². The van der Waals surface area contributed by atoms with Crippen LogP contribution in [0, 0.1) is 0 Å². The highest BCUT2D eigenvalue weighted by atomic mass is 79.9. The molecule has 0 N–H and O–H groups in total. The minimum absolute atomic E-state index is 0.481. The lowest BCUT2D eigenvalue weighted by atomic mass is 10.2. The van der Waals surface area contributed by atoms with Crippen molar-refractivity contribution in [3.8, 4) is 9.88 Å². The first-order valence-electron chi connectivity index (χ1n) is 4.38. The molecule has 74 valence electrons. The maximum absolute atomic E-state index is 4.63. The number of hydrogen-bond acceptors (Lipinski definition) is 3. The largest absolute Gasteiger partial charge is 0.239 e. The van der Waals surface area contributed by atoms with E-state index >= 15 is 0 Å². The van der Waals surface area contributed by atoms with E-state index in [1.165, 1.54) is 10.6 Å². The fourth-order valence-electron chi connectivity index (χ4n) is 1.18. The standard InChI is InChI=1S/C10H10BrNS2/c1-6(2)8-9(11)14-10(12-8)7-4-3-5-13-7/h3-6H,1-2H3. The second kappa shape index (κ2) is 4.13. The molecular formula is C10H10BrNS2. The average molecular weight is 288 g/mol. The van der Waals surface area contributed by atoms with Gasteiger partial charge in [0.1, 0.15) is 5.01 Å². The van der Waals surface area contributed by atoms with Gasteiger partial charge in [0.15, 0.2) is 0 Å². The van der Waals surface area contributed by atoms with Crippen molar-refractivity contribution in [3.05, 3.63) is 27.0 Å². The number of thiophene rings is 1. The van der Waals surface area contributed by atoms with Gasteiger partial charge in [-0.2, -0.15) is 0 Å². The molecule has 0 aromatic carbocycles. The summed E-state index contributed by atoms with van der Waals surface area (Å²) in [5.74, 6) is 0.481. The van der Waals surface area contributed by atoms with E-state index in [1.54, 1.807) is 22.7 Å². The molecule has 2 rings (SSSR count). The second-order valence-corrected chi connectivity index (χ2v) is 6.57. The van der Waals surface area contributed by atoms with Crippen molar-refractivity contribution in [2.24, 2.45) is 0 Å².